The third-order valence-corrected chi connectivity index (χ3v) is 2.31. The van der Waals surface area contributed by atoms with Crippen LogP contribution in [0.25, 0.3) is 23.6 Å². The fourth-order valence-electron chi connectivity index (χ4n) is 1.46. The first-order chi connectivity index (χ1) is 8.92. The Labute approximate surface area is 103 Å². The van der Waals surface area contributed by atoms with Crippen molar-refractivity contribution in [3.63, 3.8) is 0 Å². The summed E-state index contributed by atoms with van der Waals surface area (Å²) in [4.78, 5) is 0. The Hall–Kier alpha value is -2.69. The van der Waals surface area contributed by atoms with E-state index in [0.717, 1.165) is 5.56 Å². The van der Waals surface area contributed by atoms with Gasteiger partial charge in [0.15, 0.2) is 5.76 Å². The van der Waals surface area contributed by atoms with Crippen LogP contribution in [0.2, 0.25) is 0 Å². The first kappa shape index (κ1) is 10.5. The number of hydrogen-bond donors (Lipinski definition) is 0. The molecule has 0 fully saturated rings. The fourth-order valence-corrected chi connectivity index (χ4v) is 1.46. The molecule has 0 aliphatic carbocycles. The van der Waals surface area contributed by atoms with Crippen molar-refractivity contribution in [2.45, 2.75) is 0 Å². The number of benzene rings is 1. The van der Waals surface area contributed by atoms with Gasteiger partial charge in [0.05, 0.1) is 6.20 Å². The van der Waals surface area contributed by atoms with Gasteiger partial charge >= 0.3 is 0 Å². The lowest BCUT2D eigenvalue weighted by atomic mass is 10.2. The normalized spacial score (nSPS) is 11.1. The van der Waals surface area contributed by atoms with E-state index >= 15 is 0 Å². The third-order valence-electron chi connectivity index (χ3n) is 2.31. The molecule has 0 N–H and O–H groups in total. The number of hydrogen-bond acceptors (Lipinski definition) is 5. The summed E-state index contributed by atoms with van der Waals surface area (Å²) in [5.74, 6) is 1.55. The minimum atomic E-state index is 0.422. The van der Waals surface area contributed by atoms with Crippen molar-refractivity contribution in [2.24, 2.45) is 0 Å². The predicted octanol–water partition coefficient (Wildman–Crippen LogP) is 2.90. The highest BCUT2D eigenvalue weighted by Gasteiger charge is 2.05. The molecule has 0 spiro atoms. The Morgan fingerprint density at radius 3 is 2.61 bits per heavy atom. The molecule has 0 aliphatic rings. The van der Waals surface area contributed by atoms with E-state index < -0.39 is 0 Å². The first-order valence-electron chi connectivity index (χ1n) is 5.39. The molecule has 3 aromatic rings. The maximum absolute atomic E-state index is 5.50. The van der Waals surface area contributed by atoms with E-state index in [2.05, 4.69) is 15.4 Å². The molecule has 0 amide bonds. The molecule has 5 nitrogen and oxygen atoms in total. The van der Waals surface area contributed by atoms with Crippen molar-refractivity contribution < 1.29 is 8.94 Å². The Kier molecular flexibility index (Phi) is 2.71. The zero-order chi connectivity index (χ0) is 12.2. The van der Waals surface area contributed by atoms with Gasteiger partial charge in [-0.2, -0.15) is 0 Å². The van der Waals surface area contributed by atoms with Crippen molar-refractivity contribution >= 4 is 12.2 Å². The van der Waals surface area contributed by atoms with E-state index in [1.54, 1.807) is 24.4 Å². The summed E-state index contributed by atoms with van der Waals surface area (Å²) in [5, 5.41) is 11.5. The zero-order valence-electron chi connectivity index (χ0n) is 9.35. The Bertz CT molecular complexity index is 642. The molecule has 0 bridgehead atoms. The van der Waals surface area contributed by atoms with Crippen LogP contribution in [-0.4, -0.2) is 15.4 Å². The van der Waals surface area contributed by atoms with Crippen LogP contribution in [0.15, 0.2) is 51.5 Å². The second-order valence-electron chi connectivity index (χ2n) is 3.56. The van der Waals surface area contributed by atoms with Gasteiger partial charge in [-0.05, 0) is 18.2 Å². The molecule has 1 aromatic carbocycles. The van der Waals surface area contributed by atoms with E-state index in [-0.39, 0.29) is 0 Å². The molecule has 2 aromatic heterocycles. The molecule has 2 heterocycles. The van der Waals surface area contributed by atoms with Gasteiger partial charge < -0.3 is 8.94 Å². The molecule has 88 valence electrons. The minimum Gasteiger partial charge on any atom is -0.417 e. The molecule has 0 saturated carbocycles. The highest BCUT2D eigenvalue weighted by atomic mass is 16.5. The van der Waals surface area contributed by atoms with E-state index in [1.807, 2.05) is 30.3 Å². The Balaban J connectivity index is 1.82. The number of rotatable bonds is 3. The molecule has 0 saturated heterocycles. The van der Waals surface area contributed by atoms with Crippen molar-refractivity contribution in [3.05, 3.63) is 54.2 Å². The first-order valence-corrected chi connectivity index (χ1v) is 5.39. The summed E-state index contributed by atoms with van der Waals surface area (Å²) < 4.78 is 10.4. The average Bonchev–Trinajstić information content (AvgIpc) is 3.09. The summed E-state index contributed by atoms with van der Waals surface area (Å²) in [6, 6.07) is 11.3. The molecule has 0 unspecified atom stereocenters. The van der Waals surface area contributed by atoms with E-state index in [1.165, 1.54) is 0 Å². The van der Waals surface area contributed by atoms with Crippen LogP contribution in [-0.2, 0) is 0 Å². The molecular weight excluding hydrogens is 230 g/mol. The summed E-state index contributed by atoms with van der Waals surface area (Å²) >= 11 is 0. The summed E-state index contributed by atoms with van der Waals surface area (Å²) in [6.07, 6.45) is 4.97. The SMILES string of the molecule is C(=C\c1nnc(-c2ccccc2)o1)/c1ccno1. The van der Waals surface area contributed by atoms with Crippen molar-refractivity contribution in [2.75, 3.05) is 0 Å². The van der Waals surface area contributed by atoms with Crippen LogP contribution in [0.1, 0.15) is 11.7 Å². The minimum absolute atomic E-state index is 0.422. The van der Waals surface area contributed by atoms with Gasteiger partial charge in [-0.25, -0.2) is 0 Å². The maximum atomic E-state index is 5.50. The number of nitrogens with zero attached hydrogens (tertiary/aromatic N) is 3. The monoisotopic (exact) mass is 239 g/mol. The van der Waals surface area contributed by atoms with Crippen LogP contribution in [0.3, 0.4) is 0 Å². The maximum Gasteiger partial charge on any atom is 0.248 e. The van der Waals surface area contributed by atoms with E-state index in [9.17, 15) is 0 Å². The summed E-state index contributed by atoms with van der Waals surface area (Å²) in [6.45, 7) is 0. The molecule has 3 rings (SSSR count). The topological polar surface area (TPSA) is 65.0 Å². The Morgan fingerprint density at radius 2 is 1.83 bits per heavy atom. The second-order valence-corrected chi connectivity index (χ2v) is 3.56. The van der Waals surface area contributed by atoms with E-state index in [0.29, 0.717) is 17.5 Å². The molecule has 0 radical (unpaired) electrons. The van der Waals surface area contributed by atoms with Gasteiger partial charge in [0.25, 0.3) is 0 Å². The van der Waals surface area contributed by atoms with Crippen molar-refractivity contribution in [3.8, 4) is 11.5 Å². The fraction of sp³-hybridized carbons (Fsp3) is 0. The lowest BCUT2D eigenvalue weighted by molar-refractivity contribution is 0.413. The highest BCUT2D eigenvalue weighted by molar-refractivity contribution is 5.63. The lowest BCUT2D eigenvalue weighted by Crippen LogP contribution is -1.75. The predicted molar refractivity (Wildman–Crippen MR) is 65.2 cm³/mol. The van der Waals surface area contributed by atoms with Crippen LogP contribution in [0.4, 0.5) is 0 Å². The van der Waals surface area contributed by atoms with Crippen LogP contribution < -0.4 is 0 Å². The molecule has 18 heavy (non-hydrogen) atoms. The van der Waals surface area contributed by atoms with Gasteiger partial charge in [-0.3, -0.25) is 0 Å². The average molecular weight is 239 g/mol. The molecule has 0 aliphatic heterocycles. The molecule has 0 atom stereocenters. The van der Waals surface area contributed by atoms with E-state index in [4.69, 9.17) is 8.94 Å². The lowest BCUT2D eigenvalue weighted by Gasteiger charge is -1.90. The van der Waals surface area contributed by atoms with Crippen LogP contribution >= 0.6 is 0 Å². The van der Waals surface area contributed by atoms with Crippen LogP contribution in [0, 0.1) is 0 Å². The van der Waals surface area contributed by atoms with Gasteiger partial charge in [0.1, 0.15) is 0 Å². The van der Waals surface area contributed by atoms with Crippen molar-refractivity contribution in [1.29, 1.82) is 0 Å². The quantitative estimate of drug-likeness (QED) is 0.703. The second kappa shape index (κ2) is 4.67. The van der Waals surface area contributed by atoms with Gasteiger partial charge in [-0.1, -0.05) is 23.4 Å². The zero-order valence-corrected chi connectivity index (χ0v) is 9.35. The standard InChI is InChI=1S/C13H9N3O2/c1-2-4-10(5-3-1)13-16-15-12(17-13)7-6-11-8-9-14-18-11/h1-9H/b7-6+. The Morgan fingerprint density at radius 1 is 0.944 bits per heavy atom. The molecule has 5 heteroatoms. The van der Waals surface area contributed by atoms with Gasteiger partial charge in [0, 0.05) is 17.7 Å². The smallest absolute Gasteiger partial charge is 0.248 e. The highest BCUT2D eigenvalue weighted by Crippen LogP contribution is 2.17. The van der Waals surface area contributed by atoms with Gasteiger partial charge in [-0.15, -0.1) is 10.2 Å². The van der Waals surface area contributed by atoms with Gasteiger partial charge in [0.2, 0.25) is 11.8 Å². The molecular formula is C13H9N3O2. The van der Waals surface area contributed by atoms with Crippen LogP contribution in [0.5, 0.6) is 0 Å². The van der Waals surface area contributed by atoms with Crippen molar-refractivity contribution in [1.82, 2.24) is 15.4 Å². The number of aromatic nitrogens is 3. The largest absolute Gasteiger partial charge is 0.417 e. The third kappa shape index (κ3) is 2.20. The summed E-state index contributed by atoms with van der Waals surface area (Å²) in [7, 11) is 0. The summed E-state index contributed by atoms with van der Waals surface area (Å²) in [5.41, 5.74) is 0.893.